The molecule has 8 heteroatoms. The molecule has 2 aromatic rings. The van der Waals surface area contributed by atoms with Crippen LogP contribution in [0.1, 0.15) is 19.8 Å². The predicted molar refractivity (Wildman–Crippen MR) is 74.0 cm³/mol. The number of hydrogen-bond donors (Lipinski definition) is 1. The van der Waals surface area contributed by atoms with Crippen molar-refractivity contribution in [3.8, 4) is 5.95 Å². The van der Waals surface area contributed by atoms with Crippen LogP contribution in [0.15, 0.2) is 18.7 Å². The van der Waals surface area contributed by atoms with Crippen LogP contribution in [0.25, 0.3) is 5.95 Å². The summed E-state index contributed by atoms with van der Waals surface area (Å²) in [7, 11) is 0. The van der Waals surface area contributed by atoms with Gasteiger partial charge in [-0.2, -0.15) is 15.0 Å². The number of anilines is 1. The first-order chi connectivity index (χ1) is 9.65. The molecule has 1 fully saturated rings. The van der Waals surface area contributed by atoms with Crippen LogP contribution in [-0.2, 0) is 4.74 Å². The van der Waals surface area contributed by atoms with E-state index in [4.69, 9.17) is 16.3 Å². The Labute approximate surface area is 121 Å². The number of nitrogens with zero attached hydrogens (tertiary/aromatic N) is 5. The molecule has 1 N–H and O–H groups in total. The summed E-state index contributed by atoms with van der Waals surface area (Å²) in [6.07, 6.45) is 6.83. The molecule has 0 spiro atoms. The zero-order valence-electron chi connectivity index (χ0n) is 11.1. The minimum absolute atomic E-state index is 0.0882. The lowest BCUT2D eigenvalue weighted by molar-refractivity contribution is 0.0656. The average molecular weight is 295 g/mol. The largest absolute Gasteiger partial charge is 0.381 e. The summed E-state index contributed by atoms with van der Waals surface area (Å²) in [5, 5.41) is 3.49. The van der Waals surface area contributed by atoms with Crippen molar-refractivity contribution in [3.63, 3.8) is 0 Å². The van der Waals surface area contributed by atoms with Gasteiger partial charge < -0.3 is 10.1 Å². The topological polar surface area (TPSA) is 77.8 Å². The molecule has 1 aliphatic rings. The van der Waals surface area contributed by atoms with E-state index in [1.54, 1.807) is 23.3 Å². The number of nitrogens with one attached hydrogen (secondary N) is 1. The molecule has 1 saturated heterocycles. The maximum Gasteiger partial charge on any atom is 0.241 e. The molecule has 0 saturated carbocycles. The maximum absolute atomic E-state index is 5.97. The van der Waals surface area contributed by atoms with E-state index in [0.717, 1.165) is 26.1 Å². The van der Waals surface area contributed by atoms with Crippen molar-refractivity contribution >= 4 is 17.5 Å². The van der Waals surface area contributed by atoms with Crippen molar-refractivity contribution in [1.82, 2.24) is 24.5 Å². The highest BCUT2D eigenvalue weighted by molar-refractivity contribution is 6.28. The summed E-state index contributed by atoms with van der Waals surface area (Å²) >= 11 is 5.97. The lowest BCUT2D eigenvalue weighted by atomic mass is 9.93. The van der Waals surface area contributed by atoms with Crippen molar-refractivity contribution in [3.05, 3.63) is 24.0 Å². The van der Waals surface area contributed by atoms with E-state index in [9.17, 15) is 0 Å². The third-order valence-electron chi connectivity index (χ3n) is 3.34. The highest BCUT2D eigenvalue weighted by Crippen LogP contribution is 2.24. The van der Waals surface area contributed by atoms with E-state index in [1.807, 2.05) is 0 Å². The summed E-state index contributed by atoms with van der Waals surface area (Å²) in [4.78, 5) is 16.6. The molecular weight excluding hydrogens is 280 g/mol. The molecule has 20 heavy (non-hydrogen) atoms. The van der Waals surface area contributed by atoms with Crippen LogP contribution < -0.4 is 5.32 Å². The molecule has 0 aliphatic carbocycles. The highest BCUT2D eigenvalue weighted by atomic mass is 35.5. The normalized spacial score (nSPS) is 17.9. The Bertz CT molecular complexity index is 582. The number of halogens is 1. The SMILES string of the molecule is CC1(Nc2nc(Cl)nc(-n3ccnc3)n2)CCOCC1. The second kappa shape index (κ2) is 5.34. The molecule has 1 aliphatic heterocycles. The van der Waals surface area contributed by atoms with Gasteiger partial charge in [-0.05, 0) is 31.4 Å². The van der Waals surface area contributed by atoms with Gasteiger partial charge in [0.25, 0.3) is 0 Å². The van der Waals surface area contributed by atoms with Crippen LogP contribution in [0.2, 0.25) is 5.28 Å². The quantitative estimate of drug-likeness (QED) is 0.928. The van der Waals surface area contributed by atoms with Crippen LogP contribution in [0.4, 0.5) is 5.95 Å². The Balaban J connectivity index is 1.86. The smallest absolute Gasteiger partial charge is 0.241 e. The average Bonchev–Trinajstić information content (AvgIpc) is 2.92. The molecule has 0 aromatic carbocycles. The maximum atomic E-state index is 5.97. The van der Waals surface area contributed by atoms with Gasteiger partial charge in [-0.3, -0.25) is 4.57 Å². The Morgan fingerprint density at radius 1 is 1.30 bits per heavy atom. The Hall–Kier alpha value is -1.73. The van der Waals surface area contributed by atoms with Crippen molar-refractivity contribution in [2.24, 2.45) is 0 Å². The van der Waals surface area contributed by atoms with Crippen LogP contribution in [-0.4, -0.2) is 43.3 Å². The van der Waals surface area contributed by atoms with Crippen LogP contribution >= 0.6 is 11.6 Å². The zero-order chi connectivity index (χ0) is 14.0. The minimum Gasteiger partial charge on any atom is -0.381 e. The van der Waals surface area contributed by atoms with Crippen LogP contribution in [0.3, 0.4) is 0 Å². The lowest BCUT2D eigenvalue weighted by Crippen LogP contribution is -2.41. The third kappa shape index (κ3) is 2.88. The van der Waals surface area contributed by atoms with Crippen molar-refractivity contribution < 1.29 is 4.74 Å². The number of aromatic nitrogens is 5. The summed E-state index contributed by atoms with van der Waals surface area (Å²) < 4.78 is 7.06. The predicted octanol–water partition coefficient (Wildman–Crippen LogP) is 1.69. The zero-order valence-corrected chi connectivity index (χ0v) is 11.8. The molecule has 0 bridgehead atoms. The summed E-state index contributed by atoms with van der Waals surface area (Å²) in [6, 6.07) is 0. The monoisotopic (exact) mass is 294 g/mol. The van der Waals surface area contributed by atoms with Crippen LogP contribution in [0, 0.1) is 0 Å². The van der Waals surface area contributed by atoms with E-state index < -0.39 is 0 Å². The molecule has 0 amide bonds. The molecule has 3 heterocycles. The van der Waals surface area contributed by atoms with Crippen molar-refractivity contribution in [1.29, 1.82) is 0 Å². The molecular formula is C12H15ClN6O. The first-order valence-electron chi connectivity index (χ1n) is 6.40. The standard InChI is InChI=1S/C12H15ClN6O/c1-12(2-6-20-7-3-12)18-10-15-9(13)16-11(17-10)19-5-4-14-8-19/h4-5,8H,2-3,6-7H2,1H3,(H,15,16,17,18). The van der Waals surface area contributed by atoms with E-state index in [1.165, 1.54) is 0 Å². The molecule has 0 atom stereocenters. The van der Waals surface area contributed by atoms with E-state index >= 15 is 0 Å². The van der Waals surface area contributed by atoms with Crippen molar-refractivity contribution in [2.45, 2.75) is 25.3 Å². The number of rotatable bonds is 3. The first kappa shape index (κ1) is 13.3. The number of hydrogen-bond acceptors (Lipinski definition) is 6. The van der Waals surface area contributed by atoms with E-state index in [-0.39, 0.29) is 10.8 Å². The van der Waals surface area contributed by atoms with Gasteiger partial charge in [-0.1, -0.05) is 0 Å². The summed E-state index contributed by atoms with van der Waals surface area (Å²) in [6.45, 7) is 3.59. The van der Waals surface area contributed by atoms with E-state index in [2.05, 4.69) is 32.2 Å². The Morgan fingerprint density at radius 3 is 2.80 bits per heavy atom. The molecule has 3 rings (SSSR count). The van der Waals surface area contributed by atoms with Gasteiger partial charge in [0.05, 0.1) is 0 Å². The van der Waals surface area contributed by atoms with Crippen LogP contribution in [0.5, 0.6) is 0 Å². The Morgan fingerprint density at radius 2 is 2.10 bits per heavy atom. The fourth-order valence-corrected chi connectivity index (χ4v) is 2.26. The second-order valence-corrected chi connectivity index (χ2v) is 5.33. The molecule has 0 radical (unpaired) electrons. The number of ether oxygens (including phenoxy) is 1. The Kier molecular flexibility index (Phi) is 3.54. The van der Waals surface area contributed by atoms with E-state index in [0.29, 0.717) is 11.9 Å². The molecule has 2 aromatic heterocycles. The summed E-state index contributed by atoms with van der Waals surface area (Å²) in [5.74, 6) is 0.916. The van der Waals surface area contributed by atoms with Gasteiger partial charge in [-0.25, -0.2) is 4.98 Å². The van der Waals surface area contributed by atoms with Gasteiger partial charge in [0.1, 0.15) is 6.33 Å². The third-order valence-corrected chi connectivity index (χ3v) is 3.51. The second-order valence-electron chi connectivity index (χ2n) is 5.00. The van der Waals surface area contributed by atoms with Gasteiger partial charge in [0, 0.05) is 31.1 Å². The van der Waals surface area contributed by atoms with Gasteiger partial charge >= 0.3 is 0 Å². The molecule has 106 valence electrons. The first-order valence-corrected chi connectivity index (χ1v) is 6.78. The van der Waals surface area contributed by atoms with Gasteiger partial charge in [0.15, 0.2) is 0 Å². The minimum atomic E-state index is -0.0882. The fraction of sp³-hybridized carbons (Fsp3) is 0.500. The highest BCUT2D eigenvalue weighted by Gasteiger charge is 2.28. The molecule has 7 nitrogen and oxygen atoms in total. The fourth-order valence-electron chi connectivity index (χ4n) is 2.11. The lowest BCUT2D eigenvalue weighted by Gasteiger charge is -2.34. The summed E-state index contributed by atoms with van der Waals surface area (Å²) in [5.41, 5.74) is -0.0882. The number of imidazole rings is 1. The van der Waals surface area contributed by atoms with Crippen molar-refractivity contribution in [2.75, 3.05) is 18.5 Å². The van der Waals surface area contributed by atoms with Gasteiger partial charge in [0.2, 0.25) is 17.2 Å². The molecule has 0 unspecified atom stereocenters. The van der Waals surface area contributed by atoms with Gasteiger partial charge in [-0.15, -0.1) is 0 Å².